The molecule has 29 heavy (non-hydrogen) atoms. The third-order valence-corrected chi connectivity index (χ3v) is 9.10. The van der Waals surface area contributed by atoms with Gasteiger partial charge in [0.15, 0.2) is 6.04 Å². The summed E-state index contributed by atoms with van der Waals surface area (Å²) in [5.74, 6) is 0. The zero-order valence-electron chi connectivity index (χ0n) is 14.5. The molecule has 0 N–H and O–H groups in total. The Hall–Kier alpha value is -2.21. The van der Waals surface area contributed by atoms with Crippen molar-refractivity contribution in [3.8, 4) is 0 Å². The van der Waals surface area contributed by atoms with Crippen molar-refractivity contribution in [2.45, 2.75) is 22.0 Å². The molecule has 1 unspecified atom stereocenters. The summed E-state index contributed by atoms with van der Waals surface area (Å²) >= 11 is 0.618. The second kappa shape index (κ2) is 7.90. The van der Waals surface area contributed by atoms with Gasteiger partial charge in [-0.25, -0.2) is 16.8 Å². The third kappa shape index (κ3) is 4.22. The number of sulfonamides is 2. The van der Waals surface area contributed by atoms with E-state index < -0.39 is 50.6 Å². The Morgan fingerprint density at radius 1 is 0.724 bits per heavy atom. The monoisotopic (exact) mass is 461 g/mol. The highest BCUT2D eigenvalue weighted by molar-refractivity contribution is 8.04. The molecule has 1 heterocycles. The molecule has 2 aromatic carbocycles. The lowest BCUT2D eigenvalue weighted by Crippen LogP contribution is -2.45. The van der Waals surface area contributed by atoms with Crippen LogP contribution in [0.2, 0.25) is 0 Å². The molecule has 0 bridgehead atoms. The Bertz CT molecular complexity index is 1090. The average Bonchev–Trinajstić information content (AvgIpc) is 3.20. The van der Waals surface area contributed by atoms with Crippen LogP contribution in [0.15, 0.2) is 88.0 Å². The van der Waals surface area contributed by atoms with Gasteiger partial charge in [-0.2, -0.15) is 13.2 Å². The Morgan fingerprint density at radius 3 is 1.52 bits per heavy atom. The highest BCUT2D eigenvalue weighted by Crippen LogP contribution is 2.45. The summed E-state index contributed by atoms with van der Waals surface area (Å²) < 4.78 is 94.5. The summed E-state index contributed by atoms with van der Waals surface area (Å²) in [6, 6.07) is 11.8. The standard InChI is InChI=1S/C18H14F3NO4S3/c19-18(20,21)17(16-12-7-13-27-16)22(28(23,24)14-8-3-1-4-9-14)29(25,26)15-10-5-2-6-11-15/h1-13,17H. The van der Waals surface area contributed by atoms with E-state index in [0.29, 0.717) is 11.3 Å². The fraction of sp³-hybridized carbons (Fsp3) is 0.111. The summed E-state index contributed by atoms with van der Waals surface area (Å²) in [5, 5.41) is 1.32. The Kier molecular flexibility index (Phi) is 5.86. The van der Waals surface area contributed by atoms with E-state index in [-0.39, 0.29) is 0 Å². The molecule has 5 nitrogen and oxygen atoms in total. The molecule has 0 saturated carbocycles. The molecule has 0 aliphatic carbocycles. The lowest BCUT2D eigenvalue weighted by atomic mass is 10.2. The minimum atomic E-state index is -5.19. The van der Waals surface area contributed by atoms with Crippen LogP contribution < -0.4 is 0 Å². The molecule has 3 rings (SSSR count). The molecule has 0 spiro atoms. The van der Waals surface area contributed by atoms with Gasteiger partial charge in [-0.15, -0.1) is 11.3 Å². The van der Waals surface area contributed by atoms with E-state index in [0.717, 1.165) is 30.3 Å². The topological polar surface area (TPSA) is 71.5 Å². The van der Waals surface area contributed by atoms with Crippen LogP contribution >= 0.6 is 11.3 Å². The first-order valence-electron chi connectivity index (χ1n) is 8.06. The van der Waals surface area contributed by atoms with Gasteiger partial charge in [0.1, 0.15) is 0 Å². The number of benzene rings is 2. The Labute approximate surface area is 170 Å². The van der Waals surface area contributed by atoms with E-state index in [1.165, 1.54) is 47.8 Å². The lowest BCUT2D eigenvalue weighted by molar-refractivity contribution is -0.164. The summed E-state index contributed by atoms with van der Waals surface area (Å²) in [7, 11) is -10.2. The maximum absolute atomic E-state index is 14.1. The van der Waals surface area contributed by atoms with Crippen LogP contribution in [0.1, 0.15) is 10.9 Å². The van der Waals surface area contributed by atoms with Crippen LogP contribution in [0.25, 0.3) is 0 Å². The quantitative estimate of drug-likeness (QED) is 0.545. The van der Waals surface area contributed by atoms with Gasteiger partial charge in [0, 0.05) is 4.88 Å². The molecule has 0 fully saturated rings. The van der Waals surface area contributed by atoms with E-state index in [2.05, 4.69) is 0 Å². The van der Waals surface area contributed by atoms with Gasteiger partial charge in [-0.1, -0.05) is 46.2 Å². The van der Waals surface area contributed by atoms with Crippen molar-refractivity contribution in [3.63, 3.8) is 0 Å². The number of halogens is 3. The molecular formula is C18H14F3NO4S3. The summed E-state index contributed by atoms with van der Waals surface area (Å²) in [6.45, 7) is 0. The smallest absolute Gasteiger partial charge is 0.206 e. The normalized spacial score (nSPS) is 14.1. The van der Waals surface area contributed by atoms with Crippen molar-refractivity contribution >= 4 is 31.4 Å². The van der Waals surface area contributed by atoms with Gasteiger partial charge < -0.3 is 0 Å². The van der Waals surface area contributed by atoms with Crippen molar-refractivity contribution < 1.29 is 30.0 Å². The summed E-state index contributed by atoms with van der Waals surface area (Å²) in [4.78, 5) is -1.59. The number of nitrogens with zero attached hydrogens (tertiary/aromatic N) is 1. The fourth-order valence-corrected chi connectivity index (χ4v) is 7.59. The van der Waals surface area contributed by atoms with Crippen molar-refractivity contribution in [2.24, 2.45) is 0 Å². The first kappa shape index (κ1) is 21.5. The summed E-state index contributed by atoms with van der Waals surface area (Å²) in [6.07, 6.45) is -5.19. The van der Waals surface area contributed by atoms with Gasteiger partial charge in [0.25, 0.3) is 20.0 Å². The van der Waals surface area contributed by atoms with Crippen molar-refractivity contribution in [2.75, 3.05) is 0 Å². The molecule has 1 atom stereocenters. The molecule has 0 radical (unpaired) electrons. The molecular weight excluding hydrogens is 447 g/mol. The highest BCUT2D eigenvalue weighted by atomic mass is 32.3. The van der Waals surface area contributed by atoms with Crippen molar-refractivity contribution in [1.82, 2.24) is 3.71 Å². The van der Waals surface area contributed by atoms with E-state index in [1.807, 2.05) is 0 Å². The van der Waals surface area contributed by atoms with Crippen LogP contribution in [-0.4, -0.2) is 26.7 Å². The van der Waals surface area contributed by atoms with Crippen molar-refractivity contribution in [3.05, 3.63) is 83.1 Å². The van der Waals surface area contributed by atoms with Gasteiger partial charge in [-0.3, -0.25) is 0 Å². The van der Waals surface area contributed by atoms with Crippen molar-refractivity contribution in [1.29, 1.82) is 0 Å². The molecule has 1 aromatic heterocycles. The molecule has 154 valence electrons. The first-order chi connectivity index (χ1) is 13.6. The molecule has 0 aliphatic heterocycles. The number of hydrogen-bond acceptors (Lipinski definition) is 5. The van der Waals surface area contributed by atoms with E-state index >= 15 is 0 Å². The average molecular weight is 462 g/mol. The van der Waals surface area contributed by atoms with Gasteiger partial charge in [-0.05, 0) is 35.7 Å². The van der Waals surface area contributed by atoms with Crippen LogP contribution in [0.4, 0.5) is 13.2 Å². The number of alkyl halides is 3. The number of thiophene rings is 1. The largest absolute Gasteiger partial charge is 0.411 e. The van der Waals surface area contributed by atoms with Crippen LogP contribution in [-0.2, 0) is 20.0 Å². The van der Waals surface area contributed by atoms with Crippen LogP contribution in [0.5, 0.6) is 0 Å². The number of hydrogen-bond donors (Lipinski definition) is 0. The van der Waals surface area contributed by atoms with Crippen LogP contribution in [0, 0.1) is 0 Å². The van der Waals surface area contributed by atoms with Gasteiger partial charge in [0.2, 0.25) is 0 Å². The maximum Gasteiger partial charge on any atom is 0.411 e. The Balaban J connectivity index is 2.33. The highest BCUT2D eigenvalue weighted by Gasteiger charge is 2.55. The predicted octanol–water partition coefficient (Wildman–Crippen LogP) is 4.43. The third-order valence-electron chi connectivity index (χ3n) is 3.89. The SMILES string of the molecule is O=S(=O)(c1ccccc1)N(C(c1cccs1)C(F)(F)F)S(=O)(=O)c1ccccc1. The Morgan fingerprint density at radius 2 is 1.17 bits per heavy atom. The first-order valence-corrected chi connectivity index (χ1v) is 11.8. The maximum atomic E-state index is 14.1. The van der Waals surface area contributed by atoms with E-state index in [9.17, 15) is 30.0 Å². The van der Waals surface area contributed by atoms with Gasteiger partial charge in [0.05, 0.1) is 9.79 Å². The van der Waals surface area contributed by atoms with Gasteiger partial charge >= 0.3 is 6.18 Å². The predicted molar refractivity (Wildman–Crippen MR) is 102 cm³/mol. The zero-order valence-corrected chi connectivity index (χ0v) is 17.0. The fourth-order valence-electron chi connectivity index (χ4n) is 2.63. The second-order valence-electron chi connectivity index (χ2n) is 5.82. The number of rotatable bonds is 6. The lowest BCUT2D eigenvalue weighted by Gasteiger charge is -2.31. The molecule has 0 aliphatic rings. The minimum Gasteiger partial charge on any atom is -0.206 e. The molecule has 0 amide bonds. The van der Waals surface area contributed by atoms with Crippen LogP contribution in [0.3, 0.4) is 0 Å². The van der Waals surface area contributed by atoms with E-state index in [4.69, 9.17) is 0 Å². The summed E-state index contributed by atoms with van der Waals surface area (Å²) in [5.41, 5.74) is 0. The van der Waals surface area contributed by atoms with E-state index in [1.54, 1.807) is 0 Å². The molecule has 0 saturated heterocycles. The molecule has 3 aromatic rings. The minimum absolute atomic E-state index is 0.434. The second-order valence-corrected chi connectivity index (χ2v) is 10.7. The molecule has 11 heteroatoms. The zero-order chi connectivity index (χ0) is 21.3.